The molecule has 0 aromatic heterocycles. The third-order valence-electron chi connectivity index (χ3n) is 3.97. The highest BCUT2D eigenvalue weighted by molar-refractivity contribution is 5.51. The molecule has 1 aromatic rings. The summed E-state index contributed by atoms with van der Waals surface area (Å²) in [6.07, 6.45) is 0.829. The van der Waals surface area contributed by atoms with Crippen LogP contribution >= 0.6 is 0 Å². The number of benzene rings is 1. The largest absolute Gasteiger partial charge is 0.409 e. The molecule has 0 unspecified atom stereocenters. The molecule has 1 nitrogen and oxygen atoms in total. The van der Waals surface area contributed by atoms with E-state index in [4.69, 9.17) is 4.74 Å². The van der Waals surface area contributed by atoms with Gasteiger partial charge >= 0.3 is 6.18 Å². The number of allylic oxidation sites excluding steroid dienone is 1. The van der Waals surface area contributed by atoms with Crippen LogP contribution in [0.2, 0.25) is 0 Å². The maximum atomic E-state index is 13.8. The molecule has 122 valence electrons. The van der Waals surface area contributed by atoms with Crippen LogP contribution in [0.1, 0.15) is 43.7 Å². The van der Waals surface area contributed by atoms with E-state index in [1.807, 2.05) is 0 Å². The highest BCUT2D eigenvalue weighted by atomic mass is 19.4. The van der Waals surface area contributed by atoms with Gasteiger partial charge in [0.1, 0.15) is 5.82 Å². The van der Waals surface area contributed by atoms with Gasteiger partial charge in [-0.1, -0.05) is 19.1 Å². The summed E-state index contributed by atoms with van der Waals surface area (Å²) in [5.74, 6) is 0.0656. The fourth-order valence-corrected chi connectivity index (χ4v) is 2.59. The molecule has 0 amide bonds. The molecule has 0 spiro atoms. The molecule has 1 aliphatic carbocycles. The Morgan fingerprint density at radius 1 is 1.18 bits per heavy atom. The molecule has 0 heterocycles. The quantitative estimate of drug-likeness (QED) is 0.667. The Labute approximate surface area is 128 Å². The van der Waals surface area contributed by atoms with Crippen molar-refractivity contribution >= 4 is 6.08 Å². The van der Waals surface area contributed by atoms with E-state index in [2.05, 4.69) is 6.92 Å². The van der Waals surface area contributed by atoms with Gasteiger partial charge in [0.2, 0.25) is 0 Å². The summed E-state index contributed by atoms with van der Waals surface area (Å²) in [5, 5.41) is 0. The van der Waals surface area contributed by atoms with Crippen molar-refractivity contribution in [3.8, 4) is 0 Å². The van der Waals surface area contributed by atoms with Crippen LogP contribution in [-0.2, 0) is 11.3 Å². The zero-order valence-corrected chi connectivity index (χ0v) is 12.5. The maximum Gasteiger partial charge on any atom is 0.409 e. The molecular formula is C17H20F4O. The highest BCUT2D eigenvalue weighted by Gasteiger charge is 2.22. The van der Waals surface area contributed by atoms with Gasteiger partial charge in [-0.3, -0.25) is 0 Å². The highest BCUT2D eigenvalue weighted by Crippen LogP contribution is 2.26. The monoisotopic (exact) mass is 316 g/mol. The second-order valence-corrected chi connectivity index (χ2v) is 5.92. The smallest absolute Gasteiger partial charge is 0.374 e. The predicted molar refractivity (Wildman–Crippen MR) is 77.7 cm³/mol. The Hall–Kier alpha value is -1.36. The average molecular weight is 316 g/mol. The summed E-state index contributed by atoms with van der Waals surface area (Å²) in [6, 6.07) is 4.19. The molecule has 1 aliphatic rings. The van der Waals surface area contributed by atoms with Gasteiger partial charge in [-0.25, -0.2) is 4.39 Å². The standard InChI is InChI=1S/C17H20F4O/c1-12-2-6-15(7-3-12)22-11-13-4-5-14(16(18)10-13)8-9-17(19,20)21/h4-5,8-10,12,15H,2-3,6-7,11H2,1H3/b9-8+. The lowest BCUT2D eigenvalue weighted by atomic mass is 9.89. The fourth-order valence-electron chi connectivity index (χ4n) is 2.59. The second kappa shape index (κ2) is 7.27. The first-order chi connectivity index (χ1) is 10.3. The number of rotatable bonds is 4. The first-order valence-electron chi connectivity index (χ1n) is 7.49. The lowest BCUT2D eigenvalue weighted by Gasteiger charge is -2.26. The van der Waals surface area contributed by atoms with E-state index in [-0.39, 0.29) is 17.7 Å². The SMILES string of the molecule is CC1CCC(OCc2ccc(/C=C/C(F)(F)F)c(F)c2)CC1. The van der Waals surface area contributed by atoms with E-state index in [0.29, 0.717) is 12.2 Å². The third kappa shape index (κ3) is 5.44. The Kier molecular flexibility index (Phi) is 5.62. The molecule has 0 aliphatic heterocycles. The zero-order chi connectivity index (χ0) is 16.2. The molecule has 5 heteroatoms. The summed E-state index contributed by atoms with van der Waals surface area (Å²) < 4.78 is 55.8. The van der Waals surface area contributed by atoms with Gasteiger partial charge in [0, 0.05) is 11.6 Å². The van der Waals surface area contributed by atoms with Crippen LogP contribution in [0.4, 0.5) is 17.6 Å². The van der Waals surface area contributed by atoms with Gasteiger partial charge in [-0.05, 0) is 49.3 Å². The van der Waals surface area contributed by atoms with Gasteiger partial charge in [0.05, 0.1) is 12.7 Å². The van der Waals surface area contributed by atoms with Crippen LogP contribution in [-0.4, -0.2) is 12.3 Å². The van der Waals surface area contributed by atoms with Gasteiger partial charge in [-0.15, -0.1) is 0 Å². The van der Waals surface area contributed by atoms with Crippen molar-refractivity contribution < 1.29 is 22.3 Å². The predicted octanol–water partition coefficient (Wildman–Crippen LogP) is 5.50. The molecule has 1 fully saturated rings. The zero-order valence-electron chi connectivity index (χ0n) is 12.5. The molecule has 0 N–H and O–H groups in total. The van der Waals surface area contributed by atoms with E-state index in [1.165, 1.54) is 12.1 Å². The van der Waals surface area contributed by atoms with Crippen molar-refractivity contribution in [2.24, 2.45) is 5.92 Å². The van der Waals surface area contributed by atoms with Crippen molar-refractivity contribution in [3.63, 3.8) is 0 Å². The topological polar surface area (TPSA) is 9.23 Å². The summed E-state index contributed by atoms with van der Waals surface area (Å²) in [5.41, 5.74) is 0.563. The summed E-state index contributed by atoms with van der Waals surface area (Å²) >= 11 is 0. The Morgan fingerprint density at radius 2 is 1.86 bits per heavy atom. The average Bonchev–Trinajstić information content (AvgIpc) is 2.45. The summed E-state index contributed by atoms with van der Waals surface area (Å²) in [4.78, 5) is 0. The molecule has 2 rings (SSSR count). The molecule has 1 aromatic carbocycles. The minimum Gasteiger partial charge on any atom is -0.374 e. The lowest BCUT2D eigenvalue weighted by molar-refractivity contribution is -0.0790. The number of hydrogen-bond donors (Lipinski definition) is 0. The van der Waals surface area contributed by atoms with Gasteiger partial charge in [0.15, 0.2) is 0 Å². The van der Waals surface area contributed by atoms with E-state index in [0.717, 1.165) is 37.7 Å². The second-order valence-electron chi connectivity index (χ2n) is 5.92. The van der Waals surface area contributed by atoms with Crippen LogP contribution < -0.4 is 0 Å². The molecule has 0 radical (unpaired) electrons. The first-order valence-corrected chi connectivity index (χ1v) is 7.49. The molecule has 1 saturated carbocycles. The summed E-state index contributed by atoms with van der Waals surface area (Å²) in [6.45, 7) is 2.51. The van der Waals surface area contributed by atoms with Crippen LogP contribution in [0.15, 0.2) is 24.3 Å². The third-order valence-corrected chi connectivity index (χ3v) is 3.97. The minimum atomic E-state index is -4.44. The Balaban J connectivity index is 1.90. The van der Waals surface area contributed by atoms with E-state index >= 15 is 0 Å². The van der Waals surface area contributed by atoms with Crippen LogP contribution in [0.5, 0.6) is 0 Å². The number of alkyl halides is 3. The lowest BCUT2D eigenvalue weighted by Crippen LogP contribution is -2.20. The molecule has 0 saturated heterocycles. The van der Waals surface area contributed by atoms with Crippen molar-refractivity contribution in [1.29, 1.82) is 0 Å². The molecular weight excluding hydrogens is 296 g/mol. The molecule has 22 heavy (non-hydrogen) atoms. The van der Waals surface area contributed by atoms with Gasteiger partial charge in [-0.2, -0.15) is 13.2 Å². The van der Waals surface area contributed by atoms with E-state index in [1.54, 1.807) is 6.07 Å². The fraction of sp³-hybridized carbons (Fsp3) is 0.529. The van der Waals surface area contributed by atoms with Crippen LogP contribution in [0.25, 0.3) is 6.08 Å². The number of hydrogen-bond acceptors (Lipinski definition) is 1. The molecule has 0 bridgehead atoms. The van der Waals surface area contributed by atoms with Gasteiger partial charge in [0.25, 0.3) is 0 Å². The van der Waals surface area contributed by atoms with E-state index in [9.17, 15) is 17.6 Å². The van der Waals surface area contributed by atoms with Crippen molar-refractivity contribution in [2.75, 3.05) is 0 Å². The van der Waals surface area contributed by atoms with Gasteiger partial charge < -0.3 is 4.74 Å². The minimum absolute atomic E-state index is 0.0325. The van der Waals surface area contributed by atoms with Crippen molar-refractivity contribution in [3.05, 3.63) is 41.2 Å². The Morgan fingerprint density at radius 3 is 2.45 bits per heavy atom. The van der Waals surface area contributed by atoms with E-state index < -0.39 is 12.0 Å². The Bertz CT molecular complexity index is 514. The van der Waals surface area contributed by atoms with Crippen molar-refractivity contribution in [1.82, 2.24) is 0 Å². The number of halogens is 4. The normalized spacial score (nSPS) is 23.1. The first kappa shape index (κ1) is 17.0. The molecule has 0 atom stereocenters. The van der Waals surface area contributed by atoms with Crippen LogP contribution in [0, 0.1) is 11.7 Å². The summed E-state index contributed by atoms with van der Waals surface area (Å²) in [7, 11) is 0. The van der Waals surface area contributed by atoms with Crippen molar-refractivity contribution in [2.45, 2.75) is 51.5 Å². The maximum absolute atomic E-state index is 13.8. The van der Waals surface area contributed by atoms with Crippen LogP contribution in [0.3, 0.4) is 0 Å². The number of ether oxygens (including phenoxy) is 1.